The SMILES string of the molecule is Cc1ccc(NC(=S)NC[C@H](c2cccs2)N2CCOCC2)cc1C. The molecule has 0 unspecified atom stereocenters. The predicted molar refractivity (Wildman–Crippen MR) is 110 cm³/mol. The molecule has 1 aromatic heterocycles. The van der Waals surface area contributed by atoms with Crippen molar-refractivity contribution in [2.75, 3.05) is 38.2 Å². The van der Waals surface area contributed by atoms with Gasteiger partial charge in [0.15, 0.2) is 5.11 Å². The van der Waals surface area contributed by atoms with Crippen LogP contribution < -0.4 is 10.6 Å². The maximum absolute atomic E-state index is 5.50. The number of rotatable bonds is 5. The minimum Gasteiger partial charge on any atom is -0.379 e. The summed E-state index contributed by atoms with van der Waals surface area (Å²) in [5.74, 6) is 0. The number of thiocarbonyl (C=S) groups is 1. The number of hydrogen-bond donors (Lipinski definition) is 2. The van der Waals surface area contributed by atoms with E-state index in [1.54, 1.807) is 11.3 Å². The zero-order chi connectivity index (χ0) is 17.6. The van der Waals surface area contributed by atoms with Gasteiger partial charge in [-0.05, 0) is 60.8 Å². The molecule has 1 aliphatic heterocycles. The van der Waals surface area contributed by atoms with E-state index in [1.807, 2.05) is 0 Å². The summed E-state index contributed by atoms with van der Waals surface area (Å²) in [7, 11) is 0. The molecule has 1 aliphatic rings. The molecular weight excluding hydrogens is 350 g/mol. The third kappa shape index (κ3) is 5.01. The van der Waals surface area contributed by atoms with Crippen molar-refractivity contribution in [3.8, 4) is 0 Å². The van der Waals surface area contributed by atoms with Gasteiger partial charge in [-0.3, -0.25) is 4.90 Å². The van der Waals surface area contributed by atoms with Crippen LogP contribution in [0.3, 0.4) is 0 Å². The van der Waals surface area contributed by atoms with Crippen molar-refractivity contribution in [2.24, 2.45) is 0 Å². The Morgan fingerprint density at radius 3 is 2.72 bits per heavy atom. The molecular formula is C19H25N3OS2. The fourth-order valence-corrected chi connectivity index (χ4v) is 4.03. The number of nitrogens with zero attached hydrogens (tertiary/aromatic N) is 1. The highest BCUT2D eigenvalue weighted by atomic mass is 32.1. The zero-order valence-electron chi connectivity index (χ0n) is 14.7. The molecule has 0 bridgehead atoms. The van der Waals surface area contributed by atoms with E-state index in [0.29, 0.717) is 11.2 Å². The Labute approximate surface area is 159 Å². The molecule has 0 radical (unpaired) electrons. The molecule has 1 atom stereocenters. The number of ether oxygens (including phenoxy) is 1. The zero-order valence-corrected chi connectivity index (χ0v) is 16.4. The average Bonchev–Trinajstić information content (AvgIpc) is 3.14. The third-order valence-electron chi connectivity index (χ3n) is 4.58. The van der Waals surface area contributed by atoms with E-state index in [1.165, 1.54) is 16.0 Å². The second-order valence-corrected chi connectivity index (χ2v) is 7.70. The standard InChI is InChI=1S/C19H25N3OS2/c1-14-5-6-16(12-15(14)2)21-19(24)20-13-17(18-4-3-11-25-18)22-7-9-23-10-8-22/h3-6,11-12,17H,7-10,13H2,1-2H3,(H2,20,21,24)/t17-/m1/s1. The number of anilines is 1. The lowest BCUT2D eigenvalue weighted by Crippen LogP contribution is -2.44. The second-order valence-electron chi connectivity index (χ2n) is 6.31. The highest BCUT2D eigenvalue weighted by Crippen LogP contribution is 2.25. The van der Waals surface area contributed by atoms with Gasteiger partial charge in [-0.15, -0.1) is 11.3 Å². The molecule has 0 spiro atoms. The van der Waals surface area contributed by atoms with Gasteiger partial charge >= 0.3 is 0 Å². The third-order valence-corrected chi connectivity index (χ3v) is 5.80. The molecule has 2 N–H and O–H groups in total. The number of hydrogen-bond acceptors (Lipinski definition) is 4. The van der Waals surface area contributed by atoms with E-state index in [4.69, 9.17) is 17.0 Å². The van der Waals surface area contributed by atoms with Crippen molar-refractivity contribution in [2.45, 2.75) is 19.9 Å². The fraction of sp³-hybridized carbons (Fsp3) is 0.421. The summed E-state index contributed by atoms with van der Waals surface area (Å²) in [5, 5.41) is 9.49. The van der Waals surface area contributed by atoms with Crippen LogP contribution >= 0.6 is 23.6 Å². The smallest absolute Gasteiger partial charge is 0.170 e. The maximum Gasteiger partial charge on any atom is 0.170 e. The summed E-state index contributed by atoms with van der Waals surface area (Å²) in [6.45, 7) is 8.53. The maximum atomic E-state index is 5.50. The molecule has 2 heterocycles. The Morgan fingerprint density at radius 1 is 1.24 bits per heavy atom. The molecule has 4 nitrogen and oxygen atoms in total. The summed E-state index contributed by atoms with van der Waals surface area (Å²) < 4.78 is 5.50. The summed E-state index contributed by atoms with van der Waals surface area (Å²) in [6, 6.07) is 10.9. The molecule has 0 amide bonds. The molecule has 0 aliphatic carbocycles. The van der Waals surface area contributed by atoms with Crippen LogP contribution in [0.25, 0.3) is 0 Å². The fourth-order valence-electron chi connectivity index (χ4n) is 2.96. The Morgan fingerprint density at radius 2 is 2.04 bits per heavy atom. The topological polar surface area (TPSA) is 36.5 Å². The highest BCUT2D eigenvalue weighted by molar-refractivity contribution is 7.80. The van der Waals surface area contributed by atoms with Gasteiger partial charge in [-0.25, -0.2) is 0 Å². The molecule has 134 valence electrons. The van der Waals surface area contributed by atoms with Crippen LogP contribution in [0.5, 0.6) is 0 Å². The van der Waals surface area contributed by atoms with Gasteiger partial charge in [0.1, 0.15) is 0 Å². The first kappa shape index (κ1) is 18.3. The van der Waals surface area contributed by atoms with Gasteiger partial charge < -0.3 is 15.4 Å². The van der Waals surface area contributed by atoms with Gasteiger partial charge in [0.25, 0.3) is 0 Å². The molecule has 2 aromatic rings. The van der Waals surface area contributed by atoms with Crippen LogP contribution in [0.15, 0.2) is 35.7 Å². The molecule has 6 heteroatoms. The van der Waals surface area contributed by atoms with E-state index in [2.05, 4.69) is 65.1 Å². The Hall–Kier alpha value is -1.47. The van der Waals surface area contributed by atoms with Crippen LogP contribution in [0.2, 0.25) is 0 Å². The Balaban J connectivity index is 1.60. The monoisotopic (exact) mass is 375 g/mol. The first-order valence-corrected chi connectivity index (χ1v) is 9.89. The number of nitrogens with one attached hydrogen (secondary N) is 2. The molecule has 1 fully saturated rings. The summed E-state index contributed by atoms with van der Waals surface area (Å²) >= 11 is 7.30. The summed E-state index contributed by atoms with van der Waals surface area (Å²) in [6.07, 6.45) is 0. The first-order valence-electron chi connectivity index (χ1n) is 8.61. The molecule has 0 saturated carbocycles. The van der Waals surface area contributed by atoms with Gasteiger partial charge in [-0.1, -0.05) is 12.1 Å². The van der Waals surface area contributed by atoms with Crippen LogP contribution in [-0.4, -0.2) is 42.9 Å². The predicted octanol–water partition coefficient (Wildman–Crippen LogP) is 3.72. The van der Waals surface area contributed by atoms with Gasteiger partial charge in [0.05, 0.1) is 19.3 Å². The number of morpholine rings is 1. The summed E-state index contributed by atoms with van der Waals surface area (Å²) in [4.78, 5) is 3.84. The number of thiophene rings is 1. The quantitative estimate of drug-likeness (QED) is 0.779. The van der Waals surface area contributed by atoms with Crippen LogP contribution in [0.4, 0.5) is 5.69 Å². The average molecular weight is 376 g/mol. The van der Waals surface area contributed by atoms with Crippen molar-refractivity contribution < 1.29 is 4.74 Å². The number of aryl methyl sites for hydroxylation is 2. The number of benzene rings is 1. The van der Waals surface area contributed by atoms with Gasteiger partial charge in [0, 0.05) is 30.2 Å². The van der Waals surface area contributed by atoms with Crippen molar-refractivity contribution in [3.63, 3.8) is 0 Å². The van der Waals surface area contributed by atoms with Crippen LogP contribution in [0, 0.1) is 13.8 Å². The second kappa shape index (κ2) is 8.76. The van der Waals surface area contributed by atoms with E-state index < -0.39 is 0 Å². The lowest BCUT2D eigenvalue weighted by atomic mass is 10.1. The minimum absolute atomic E-state index is 0.323. The van der Waals surface area contributed by atoms with Gasteiger partial charge in [0.2, 0.25) is 0 Å². The Bertz CT molecular complexity index is 697. The van der Waals surface area contributed by atoms with Crippen LogP contribution in [0.1, 0.15) is 22.0 Å². The van der Waals surface area contributed by atoms with Crippen molar-refractivity contribution in [1.29, 1.82) is 0 Å². The van der Waals surface area contributed by atoms with Crippen molar-refractivity contribution >= 4 is 34.4 Å². The van der Waals surface area contributed by atoms with E-state index in [-0.39, 0.29) is 0 Å². The normalized spacial score (nSPS) is 16.4. The molecule has 3 rings (SSSR count). The molecule has 1 saturated heterocycles. The van der Waals surface area contributed by atoms with Crippen LogP contribution in [-0.2, 0) is 4.74 Å². The molecule has 1 aromatic carbocycles. The molecule has 25 heavy (non-hydrogen) atoms. The lowest BCUT2D eigenvalue weighted by Gasteiger charge is -2.34. The van der Waals surface area contributed by atoms with E-state index in [9.17, 15) is 0 Å². The lowest BCUT2D eigenvalue weighted by molar-refractivity contribution is 0.0177. The Kier molecular flexibility index (Phi) is 6.42. The minimum atomic E-state index is 0.323. The van der Waals surface area contributed by atoms with Crippen molar-refractivity contribution in [1.82, 2.24) is 10.2 Å². The van der Waals surface area contributed by atoms with Gasteiger partial charge in [-0.2, -0.15) is 0 Å². The van der Waals surface area contributed by atoms with Crippen molar-refractivity contribution in [3.05, 3.63) is 51.7 Å². The summed E-state index contributed by atoms with van der Waals surface area (Å²) in [5.41, 5.74) is 3.58. The first-order chi connectivity index (χ1) is 12.1. The van der Waals surface area contributed by atoms with E-state index in [0.717, 1.165) is 38.5 Å². The largest absolute Gasteiger partial charge is 0.379 e. The van der Waals surface area contributed by atoms with E-state index >= 15 is 0 Å². The highest BCUT2D eigenvalue weighted by Gasteiger charge is 2.23.